The van der Waals surface area contributed by atoms with Gasteiger partial charge in [0, 0.05) is 18.2 Å². The Morgan fingerprint density at radius 2 is 1.60 bits per heavy atom. The molecular formula is C9H20NO4P. The van der Waals surface area contributed by atoms with E-state index in [4.69, 9.17) is 14.4 Å². The van der Waals surface area contributed by atoms with E-state index in [9.17, 15) is 4.79 Å². The van der Waals surface area contributed by atoms with Crippen LogP contribution in [0.2, 0.25) is 0 Å². The molecule has 1 amide bonds. The second-order valence-electron chi connectivity index (χ2n) is 4.10. The second-order valence-corrected chi connectivity index (χ2v) is 4.66. The highest BCUT2D eigenvalue weighted by atomic mass is 31.1. The van der Waals surface area contributed by atoms with Crippen molar-refractivity contribution in [3.05, 3.63) is 12.2 Å². The molecule has 0 saturated carbocycles. The van der Waals surface area contributed by atoms with Gasteiger partial charge in [-0.15, -0.1) is 0 Å². The molecule has 0 rings (SSSR count). The fraction of sp³-hybridized carbons (Fsp3) is 0.667. The van der Waals surface area contributed by atoms with E-state index in [1.807, 2.05) is 20.8 Å². The molecule has 0 saturated heterocycles. The normalized spacial score (nSPS) is 10.4. The molecule has 2 N–H and O–H groups in total. The molecule has 0 heterocycles. The van der Waals surface area contributed by atoms with Gasteiger partial charge in [-0.1, -0.05) is 6.58 Å². The van der Waals surface area contributed by atoms with Gasteiger partial charge in [-0.2, -0.15) is 0 Å². The number of likely N-dealkylation sites (N-methyl/N-ethyl adjacent to an activating group) is 1. The average molecular weight is 237 g/mol. The summed E-state index contributed by atoms with van der Waals surface area (Å²) in [5.41, 5.74) is 0.471. The van der Waals surface area contributed by atoms with E-state index in [2.05, 4.69) is 6.58 Å². The highest BCUT2D eigenvalue weighted by Crippen LogP contribution is 2.12. The quantitative estimate of drug-likeness (QED) is 0.530. The first kappa shape index (κ1) is 16.8. The molecule has 0 aromatic carbocycles. The van der Waals surface area contributed by atoms with Crippen molar-refractivity contribution in [1.29, 1.82) is 0 Å². The fourth-order valence-corrected chi connectivity index (χ4v) is 0.591. The predicted octanol–water partition coefficient (Wildman–Crippen LogP) is 1.18. The van der Waals surface area contributed by atoms with Crippen molar-refractivity contribution < 1.29 is 19.1 Å². The van der Waals surface area contributed by atoms with Crippen molar-refractivity contribution in [2.24, 2.45) is 0 Å². The minimum absolute atomic E-state index is 0.0116. The van der Waals surface area contributed by atoms with Crippen LogP contribution in [-0.4, -0.2) is 33.2 Å². The van der Waals surface area contributed by atoms with Crippen molar-refractivity contribution in [2.75, 3.05) is 7.05 Å². The highest BCUT2D eigenvalue weighted by Gasteiger charge is 2.21. The molecular weight excluding hydrogens is 217 g/mol. The molecule has 0 aromatic heterocycles. The molecule has 0 radical (unpaired) electrons. The highest BCUT2D eigenvalue weighted by molar-refractivity contribution is 7.30. The van der Waals surface area contributed by atoms with Gasteiger partial charge in [0.15, 0.2) is 0 Å². The maximum absolute atomic E-state index is 11.3. The maximum atomic E-state index is 11.3. The minimum Gasteiger partial charge on any atom is -0.337 e. The lowest BCUT2D eigenvalue weighted by molar-refractivity contribution is -0.129. The van der Waals surface area contributed by atoms with Crippen LogP contribution in [0.5, 0.6) is 0 Å². The van der Waals surface area contributed by atoms with E-state index < -0.39 is 8.25 Å². The van der Waals surface area contributed by atoms with E-state index in [0.29, 0.717) is 5.57 Å². The van der Waals surface area contributed by atoms with Gasteiger partial charge in [0.1, 0.15) is 0 Å². The van der Waals surface area contributed by atoms with Gasteiger partial charge in [-0.05, 0) is 27.7 Å². The predicted molar refractivity (Wildman–Crippen MR) is 60.8 cm³/mol. The van der Waals surface area contributed by atoms with Crippen LogP contribution >= 0.6 is 8.25 Å². The molecule has 15 heavy (non-hydrogen) atoms. The van der Waals surface area contributed by atoms with Crippen molar-refractivity contribution in [1.82, 2.24) is 4.90 Å². The molecule has 0 bridgehead atoms. The van der Waals surface area contributed by atoms with Crippen LogP contribution in [0.3, 0.4) is 0 Å². The second kappa shape index (κ2) is 6.77. The maximum Gasteiger partial charge on any atom is 0.314 e. The van der Waals surface area contributed by atoms with Crippen LogP contribution in [-0.2, 0) is 9.36 Å². The third-order valence-corrected chi connectivity index (χ3v) is 1.68. The van der Waals surface area contributed by atoms with Gasteiger partial charge < -0.3 is 14.7 Å². The first-order chi connectivity index (χ1) is 6.50. The molecule has 0 aliphatic heterocycles. The number of carbonyl (C=O) groups is 1. The first-order valence-corrected chi connectivity index (χ1v) is 5.66. The van der Waals surface area contributed by atoms with Crippen LogP contribution < -0.4 is 0 Å². The Labute approximate surface area is 91.4 Å². The lowest BCUT2D eigenvalue weighted by atomic mass is 10.1. The summed E-state index contributed by atoms with van der Waals surface area (Å²) in [7, 11) is -1.34. The van der Waals surface area contributed by atoms with Gasteiger partial charge in [0.05, 0.1) is 0 Å². The van der Waals surface area contributed by atoms with Crippen LogP contribution in [0.4, 0.5) is 0 Å². The number of carbonyl (C=O) groups excluding carboxylic acids is 1. The van der Waals surface area contributed by atoms with E-state index in [0.717, 1.165) is 0 Å². The lowest BCUT2D eigenvalue weighted by Gasteiger charge is -2.32. The van der Waals surface area contributed by atoms with E-state index >= 15 is 0 Å². The van der Waals surface area contributed by atoms with E-state index in [1.54, 1.807) is 18.9 Å². The van der Waals surface area contributed by atoms with Crippen molar-refractivity contribution in [3.63, 3.8) is 0 Å². The molecule has 0 fully saturated rings. The van der Waals surface area contributed by atoms with Gasteiger partial charge in [-0.3, -0.25) is 9.36 Å². The lowest BCUT2D eigenvalue weighted by Crippen LogP contribution is -2.42. The van der Waals surface area contributed by atoms with Crippen molar-refractivity contribution in [3.8, 4) is 0 Å². The Morgan fingerprint density at radius 1 is 1.33 bits per heavy atom. The van der Waals surface area contributed by atoms with Crippen LogP contribution in [0.15, 0.2) is 12.2 Å². The van der Waals surface area contributed by atoms with E-state index in [1.165, 1.54) is 0 Å². The SMILES string of the molecule is C=C(C)C(=O)N(C)C(C)(C)C.O=[PH](O)O. The zero-order valence-electron chi connectivity index (χ0n) is 9.87. The molecule has 6 heteroatoms. The summed E-state index contributed by atoms with van der Waals surface area (Å²) in [6, 6.07) is 0. The van der Waals surface area contributed by atoms with Gasteiger partial charge >= 0.3 is 8.25 Å². The Hall–Kier alpha value is -0.640. The summed E-state index contributed by atoms with van der Waals surface area (Å²) in [6.45, 7) is 11.3. The third-order valence-electron chi connectivity index (χ3n) is 1.68. The first-order valence-electron chi connectivity index (χ1n) is 4.35. The molecule has 0 spiro atoms. The summed E-state index contributed by atoms with van der Waals surface area (Å²) >= 11 is 0. The molecule has 0 atom stereocenters. The smallest absolute Gasteiger partial charge is 0.314 e. The molecule has 0 aromatic rings. The number of hydrogen-bond acceptors (Lipinski definition) is 2. The largest absolute Gasteiger partial charge is 0.337 e. The molecule has 0 aliphatic rings. The molecule has 0 unspecified atom stereocenters. The minimum atomic E-state index is -3.13. The molecule has 90 valence electrons. The third kappa shape index (κ3) is 9.66. The standard InChI is InChI=1S/C9H17NO.H3O3P/c1-7(2)8(11)10(6)9(3,4)5;1-4(2)3/h1H2,2-6H3;4H,(H2,1,2,3). The Balaban J connectivity index is 0. The Kier molecular flexibility index (Phi) is 7.58. The summed E-state index contributed by atoms with van der Waals surface area (Å²) in [5.74, 6) is 0.0116. The fourth-order valence-electron chi connectivity index (χ4n) is 0.591. The van der Waals surface area contributed by atoms with Crippen LogP contribution in [0, 0.1) is 0 Å². The summed E-state index contributed by atoms with van der Waals surface area (Å²) < 4.78 is 8.74. The monoisotopic (exact) mass is 237 g/mol. The van der Waals surface area contributed by atoms with Crippen LogP contribution in [0.25, 0.3) is 0 Å². The summed E-state index contributed by atoms with van der Waals surface area (Å²) in [4.78, 5) is 27.3. The Bertz CT molecular complexity index is 253. The number of hydrogen-bond donors (Lipinski definition) is 2. The number of rotatable bonds is 1. The van der Waals surface area contributed by atoms with E-state index in [-0.39, 0.29) is 11.4 Å². The zero-order chi connectivity index (χ0) is 12.8. The summed E-state index contributed by atoms with van der Waals surface area (Å²) in [6.07, 6.45) is 0. The Morgan fingerprint density at radius 3 is 1.67 bits per heavy atom. The topological polar surface area (TPSA) is 77.8 Å². The summed E-state index contributed by atoms with van der Waals surface area (Å²) in [5, 5.41) is 0. The number of nitrogens with zero attached hydrogens (tertiary/aromatic N) is 1. The average Bonchev–Trinajstić information content (AvgIpc) is 1.98. The molecule has 5 nitrogen and oxygen atoms in total. The number of amides is 1. The van der Waals surface area contributed by atoms with Gasteiger partial charge in [0.25, 0.3) is 0 Å². The van der Waals surface area contributed by atoms with Gasteiger partial charge in [-0.25, -0.2) is 0 Å². The van der Waals surface area contributed by atoms with Crippen molar-refractivity contribution in [2.45, 2.75) is 33.2 Å². The van der Waals surface area contributed by atoms with Gasteiger partial charge in [0.2, 0.25) is 5.91 Å². The zero-order valence-corrected chi connectivity index (χ0v) is 10.9. The van der Waals surface area contributed by atoms with Crippen molar-refractivity contribution >= 4 is 14.2 Å². The molecule has 0 aliphatic carbocycles. The van der Waals surface area contributed by atoms with Crippen LogP contribution in [0.1, 0.15) is 27.7 Å².